The molecule has 78 valence electrons. The highest BCUT2D eigenvalue weighted by atomic mass is 16.5. The van der Waals surface area contributed by atoms with E-state index in [2.05, 4.69) is 6.07 Å². The molecular weight excluding hydrogens is 188 g/mol. The van der Waals surface area contributed by atoms with Crippen LogP contribution in [-0.2, 0) is 16.7 Å². The molecule has 0 spiro atoms. The average Bonchev–Trinajstić information content (AvgIpc) is 2.68. The van der Waals surface area contributed by atoms with E-state index >= 15 is 0 Å². The van der Waals surface area contributed by atoms with Gasteiger partial charge in [-0.15, -0.1) is 0 Å². The van der Waals surface area contributed by atoms with Crippen LogP contribution in [0.4, 0.5) is 0 Å². The maximum Gasteiger partial charge on any atom is 0.0689 e. The van der Waals surface area contributed by atoms with Gasteiger partial charge in [-0.2, -0.15) is 5.26 Å². The summed E-state index contributed by atoms with van der Waals surface area (Å²) in [6.07, 6.45) is 1.32. The minimum Gasteiger partial charge on any atom is -0.379 e. The van der Waals surface area contributed by atoms with Crippen LogP contribution in [0.15, 0.2) is 24.3 Å². The summed E-state index contributed by atoms with van der Waals surface area (Å²) in [5.74, 6) is 0. The van der Waals surface area contributed by atoms with Gasteiger partial charge < -0.3 is 10.5 Å². The quantitative estimate of drug-likeness (QED) is 0.787. The molecule has 1 saturated heterocycles. The summed E-state index contributed by atoms with van der Waals surface area (Å²) in [4.78, 5) is 0. The molecule has 0 bridgehead atoms. The lowest BCUT2D eigenvalue weighted by atomic mass is 9.90. The molecule has 1 aromatic rings. The van der Waals surface area contributed by atoms with E-state index in [0.717, 1.165) is 24.2 Å². The van der Waals surface area contributed by atoms with Crippen molar-refractivity contribution < 1.29 is 4.74 Å². The molecule has 0 aliphatic carbocycles. The zero-order chi connectivity index (χ0) is 10.7. The van der Waals surface area contributed by atoms with Gasteiger partial charge >= 0.3 is 0 Å². The average molecular weight is 202 g/mol. The topological polar surface area (TPSA) is 59.0 Å². The van der Waals surface area contributed by atoms with Crippen molar-refractivity contribution in [3.05, 3.63) is 35.4 Å². The first kappa shape index (κ1) is 10.2. The van der Waals surface area contributed by atoms with Crippen LogP contribution >= 0.6 is 0 Å². The van der Waals surface area contributed by atoms with Crippen LogP contribution in [0.2, 0.25) is 0 Å². The van der Waals surface area contributed by atoms with E-state index < -0.39 is 0 Å². The zero-order valence-electron chi connectivity index (χ0n) is 8.57. The molecule has 2 rings (SSSR count). The first-order valence-electron chi connectivity index (χ1n) is 5.08. The molecule has 1 heterocycles. The Morgan fingerprint density at radius 1 is 1.40 bits per heavy atom. The molecule has 1 aliphatic rings. The third-order valence-electron chi connectivity index (χ3n) is 2.86. The van der Waals surface area contributed by atoms with Gasteiger partial charge in [0.25, 0.3) is 0 Å². The Morgan fingerprint density at radius 3 is 2.67 bits per heavy atom. The van der Waals surface area contributed by atoms with E-state index in [4.69, 9.17) is 15.7 Å². The maximum absolute atomic E-state index is 8.56. The Bertz CT molecular complexity index is 372. The number of ether oxygens (including phenoxy) is 1. The fraction of sp³-hybridized carbons (Fsp3) is 0.417. The Kier molecular flexibility index (Phi) is 2.72. The molecule has 3 nitrogen and oxygen atoms in total. The van der Waals surface area contributed by atoms with Gasteiger partial charge in [0.2, 0.25) is 0 Å². The van der Waals surface area contributed by atoms with Crippen molar-refractivity contribution in [3.63, 3.8) is 0 Å². The normalized spacial score (nSPS) is 25.1. The van der Waals surface area contributed by atoms with Crippen LogP contribution in [-0.4, -0.2) is 13.2 Å². The van der Waals surface area contributed by atoms with Crippen molar-refractivity contribution in [1.82, 2.24) is 0 Å². The van der Waals surface area contributed by atoms with E-state index in [1.807, 2.05) is 24.3 Å². The van der Waals surface area contributed by atoms with Crippen LogP contribution < -0.4 is 5.73 Å². The monoisotopic (exact) mass is 202 g/mol. The summed E-state index contributed by atoms with van der Waals surface area (Å²) in [7, 11) is 0. The molecule has 1 aliphatic heterocycles. The van der Waals surface area contributed by atoms with Crippen molar-refractivity contribution >= 4 is 0 Å². The van der Waals surface area contributed by atoms with Crippen molar-refractivity contribution in [2.45, 2.75) is 18.4 Å². The van der Waals surface area contributed by atoms with Gasteiger partial charge in [-0.25, -0.2) is 0 Å². The molecule has 1 fully saturated rings. The van der Waals surface area contributed by atoms with Crippen LogP contribution in [0.3, 0.4) is 0 Å². The Labute approximate surface area is 89.5 Å². The highest BCUT2D eigenvalue weighted by Gasteiger charge is 2.31. The Hall–Kier alpha value is -1.37. The SMILES string of the molecule is N#CCc1ccc(C2(N)CCOC2)cc1. The second-order valence-electron chi connectivity index (χ2n) is 3.99. The van der Waals surface area contributed by atoms with Crippen LogP contribution in [0.25, 0.3) is 0 Å². The molecule has 0 saturated carbocycles. The lowest BCUT2D eigenvalue weighted by Gasteiger charge is -2.22. The third-order valence-corrected chi connectivity index (χ3v) is 2.86. The molecular formula is C12H14N2O. The van der Waals surface area contributed by atoms with Gasteiger partial charge in [-0.05, 0) is 17.5 Å². The number of benzene rings is 1. The van der Waals surface area contributed by atoms with Crippen molar-refractivity contribution in [2.75, 3.05) is 13.2 Å². The second kappa shape index (κ2) is 4.01. The van der Waals surface area contributed by atoms with Gasteiger partial charge in [0.05, 0.1) is 24.6 Å². The van der Waals surface area contributed by atoms with Crippen molar-refractivity contribution in [3.8, 4) is 6.07 Å². The molecule has 1 aromatic carbocycles. The number of nitrogens with zero attached hydrogens (tertiary/aromatic N) is 1. The van der Waals surface area contributed by atoms with Gasteiger partial charge in [0, 0.05) is 6.61 Å². The molecule has 1 unspecified atom stereocenters. The molecule has 2 N–H and O–H groups in total. The number of rotatable bonds is 2. The predicted molar refractivity (Wildman–Crippen MR) is 57.1 cm³/mol. The number of hydrogen-bond acceptors (Lipinski definition) is 3. The largest absolute Gasteiger partial charge is 0.379 e. The maximum atomic E-state index is 8.56. The van der Waals surface area contributed by atoms with Gasteiger partial charge in [-0.1, -0.05) is 24.3 Å². The predicted octanol–water partition coefficient (Wildman–Crippen LogP) is 1.33. The van der Waals surface area contributed by atoms with Gasteiger partial charge in [0.15, 0.2) is 0 Å². The summed E-state index contributed by atoms with van der Waals surface area (Å²) in [6.45, 7) is 1.32. The van der Waals surface area contributed by atoms with Crippen LogP contribution in [0, 0.1) is 11.3 Å². The van der Waals surface area contributed by atoms with E-state index in [-0.39, 0.29) is 5.54 Å². The van der Waals surface area contributed by atoms with Crippen molar-refractivity contribution in [2.24, 2.45) is 5.73 Å². The summed E-state index contributed by atoms with van der Waals surface area (Å²) in [5.41, 5.74) is 8.02. The lowest BCUT2D eigenvalue weighted by Crippen LogP contribution is -2.36. The van der Waals surface area contributed by atoms with Gasteiger partial charge in [0.1, 0.15) is 0 Å². The van der Waals surface area contributed by atoms with Crippen LogP contribution in [0.5, 0.6) is 0 Å². The lowest BCUT2D eigenvalue weighted by molar-refractivity contribution is 0.178. The molecule has 0 amide bonds. The highest BCUT2D eigenvalue weighted by molar-refractivity contribution is 5.30. The minimum atomic E-state index is -0.328. The Morgan fingerprint density at radius 2 is 2.13 bits per heavy atom. The summed E-state index contributed by atoms with van der Waals surface area (Å²) < 4.78 is 5.31. The molecule has 1 atom stereocenters. The fourth-order valence-electron chi connectivity index (χ4n) is 1.85. The highest BCUT2D eigenvalue weighted by Crippen LogP contribution is 2.27. The number of hydrogen-bond donors (Lipinski definition) is 1. The molecule has 0 radical (unpaired) electrons. The number of nitriles is 1. The standard InChI is InChI=1S/C12H14N2O/c13-7-5-10-1-3-11(4-2-10)12(14)6-8-15-9-12/h1-4H,5-6,8-9,14H2. The third kappa shape index (κ3) is 2.01. The zero-order valence-corrected chi connectivity index (χ0v) is 8.57. The van der Waals surface area contributed by atoms with E-state index in [9.17, 15) is 0 Å². The molecule has 3 heteroatoms. The van der Waals surface area contributed by atoms with Crippen molar-refractivity contribution in [1.29, 1.82) is 5.26 Å². The molecule has 15 heavy (non-hydrogen) atoms. The summed E-state index contributed by atoms with van der Waals surface area (Å²) in [5, 5.41) is 8.56. The number of nitrogens with two attached hydrogens (primary N) is 1. The van der Waals surface area contributed by atoms with E-state index in [0.29, 0.717) is 13.0 Å². The fourth-order valence-corrected chi connectivity index (χ4v) is 1.85. The smallest absolute Gasteiger partial charge is 0.0689 e. The Balaban J connectivity index is 2.20. The minimum absolute atomic E-state index is 0.328. The first-order valence-corrected chi connectivity index (χ1v) is 5.08. The van der Waals surface area contributed by atoms with E-state index in [1.165, 1.54) is 0 Å². The molecule has 0 aromatic heterocycles. The van der Waals surface area contributed by atoms with Crippen LogP contribution in [0.1, 0.15) is 17.5 Å². The summed E-state index contributed by atoms with van der Waals surface area (Å²) in [6, 6.07) is 10.1. The summed E-state index contributed by atoms with van der Waals surface area (Å²) >= 11 is 0. The second-order valence-corrected chi connectivity index (χ2v) is 3.99. The first-order chi connectivity index (χ1) is 7.24. The van der Waals surface area contributed by atoms with E-state index in [1.54, 1.807) is 0 Å². The van der Waals surface area contributed by atoms with Gasteiger partial charge in [-0.3, -0.25) is 0 Å².